The van der Waals surface area contributed by atoms with Crippen molar-refractivity contribution in [3.63, 3.8) is 0 Å². The third kappa shape index (κ3) is 5.37. The van der Waals surface area contributed by atoms with Crippen LogP contribution in [0.25, 0.3) is 0 Å². The normalized spacial score (nSPS) is 11.7. The van der Waals surface area contributed by atoms with Crippen molar-refractivity contribution < 1.29 is 9.90 Å². The second-order valence-corrected chi connectivity index (χ2v) is 14.3. The number of rotatable bonds is 10. The van der Waals surface area contributed by atoms with Crippen LogP contribution in [0.1, 0.15) is 59.3 Å². The number of carboxylic acid groups (broad SMARTS) is 1. The molecule has 16 heavy (non-hydrogen) atoms. The summed E-state index contributed by atoms with van der Waals surface area (Å²) in [6.45, 7) is 6.48. The van der Waals surface area contributed by atoms with E-state index in [0.29, 0.717) is 0 Å². The van der Waals surface area contributed by atoms with Gasteiger partial charge >= 0.3 is 103 Å². The summed E-state index contributed by atoms with van der Waals surface area (Å²) in [5, 5.41) is 12.7. The second-order valence-electron chi connectivity index (χ2n) is 4.90. The molecule has 0 saturated carbocycles. The monoisotopic (exact) mass is 290 g/mol. The van der Waals surface area contributed by atoms with Gasteiger partial charge in [0.2, 0.25) is 0 Å². The van der Waals surface area contributed by atoms with Crippen LogP contribution in [0.5, 0.6) is 0 Å². The van der Waals surface area contributed by atoms with Crippen LogP contribution in [-0.2, 0) is 0 Å². The molecular weight excluding hydrogens is 261 g/mol. The first-order valence-corrected chi connectivity index (χ1v) is 12.4. The van der Waals surface area contributed by atoms with Gasteiger partial charge in [0.25, 0.3) is 0 Å². The minimum absolute atomic E-state index is 0.379. The van der Waals surface area contributed by atoms with Crippen LogP contribution in [0.3, 0.4) is 0 Å². The minimum atomic E-state index is -2.58. The molecule has 0 saturated heterocycles. The Kier molecular flexibility index (Phi) is 9.09. The van der Waals surface area contributed by atoms with Gasteiger partial charge in [0.05, 0.1) is 0 Å². The van der Waals surface area contributed by atoms with E-state index in [-0.39, 0.29) is 4.80 Å². The van der Waals surface area contributed by atoms with E-state index in [1.807, 2.05) is 0 Å². The number of hydrogen-bond acceptors (Lipinski definition) is 1. The van der Waals surface area contributed by atoms with Crippen molar-refractivity contribution in [1.82, 2.24) is 0 Å². The predicted octanol–water partition coefficient (Wildman–Crippen LogP) is 5.10. The van der Waals surface area contributed by atoms with Gasteiger partial charge in [-0.25, -0.2) is 0 Å². The van der Waals surface area contributed by atoms with Gasteiger partial charge in [0.15, 0.2) is 0 Å². The van der Waals surface area contributed by atoms with Crippen molar-refractivity contribution >= 4 is 18.1 Å². The molecule has 0 heterocycles. The first kappa shape index (κ1) is 16.0. The summed E-state index contributed by atoms with van der Waals surface area (Å²) in [5.74, 6) is 0. The Labute approximate surface area is 103 Å². The summed E-state index contributed by atoms with van der Waals surface area (Å²) in [4.78, 5) is 11.2. The molecule has 0 aromatic rings. The summed E-state index contributed by atoms with van der Waals surface area (Å²) in [6.07, 6.45) is 6.79. The van der Waals surface area contributed by atoms with E-state index in [4.69, 9.17) is 0 Å². The third-order valence-electron chi connectivity index (χ3n) is 3.48. The van der Waals surface area contributed by atoms with Crippen LogP contribution in [0.4, 0.5) is 4.79 Å². The molecule has 0 aromatic heterocycles. The van der Waals surface area contributed by atoms with E-state index < -0.39 is 13.3 Å². The Morgan fingerprint density at radius 3 is 1.38 bits per heavy atom. The van der Waals surface area contributed by atoms with Crippen molar-refractivity contribution in [2.45, 2.75) is 75.1 Å². The average molecular weight is 289 g/mol. The first-order chi connectivity index (χ1) is 7.63. The van der Waals surface area contributed by atoms with E-state index in [0.717, 1.165) is 54.3 Å². The van der Waals surface area contributed by atoms with Gasteiger partial charge in [-0.05, 0) is 0 Å². The Hall–Kier alpha value is 0.0129. The quantitative estimate of drug-likeness (QED) is 0.568. The summed E-state index contributed by atoms with van der Waals surface area (Å²) in [6, 6.07) is 0. The molecular formula is C13H28GeO2. The number of hydrogen-bond donors (Lipinski definition) is 1. The van der Waals surface area contributed by atoms with Gasteiger partial charge in [-0.3, -0.25) is 0 Å². The molecule has 0 atom stereocenters. The molecule has 0 amide bonds. The number of carbonyl (C=O) groups is 1. The van der Waals surface area contributed by atoms with Crippen LogP contribution in [-0.4, -0.2) is 23.2 Å². The fourth-order valence-corrected chi connectivity index (χ4v) is 11.6. The van der Waals surface area contributed by atoms with E-state index >= 15 is 0 Å². The zero-order valence-electron chi connectivity index (χ0n) is 11.2. The second kappa shape index (κ2) is 9.09. The first-order valence-electron chi connectivity index (χ1n) is 6.86. The summed E-state index contributed by atoms with van der Waals surface area (Å²) in [7, 11) is 0. The molecule has 1 N–H and O–H groups in total. The van der Waals surface area contributed by atoms with Crippen LogP contribution >= 0.6 is 0 Å². The summed E-state index contributed by atoms with van der Waals surface area (Å²) in [5.41, 5.74) is 0. The number of unbranched alkanes of at least 4 members (excludes halogenated alkanes) is 3. The van der Waals surface area contributed by atoms with E-state index in [1.165, 1.54) is 0 Å². The van der Waals surface area contributed by atoms with Crippen molar-refractivity contribution in [3.05, 3.63) is 0 Å². The maximum atomic E-state index is 11.6. The summed E-state index contributed by atoms with van der Waals surface area (Å²) >= 11 is -2.58. The topological polar surface area (TPSA) is 37.3 Å². The third-order valence-corrected chi connectivity index (χ3v) is 13.6. The van der Waals surface area contributed by atoms with Gasteiger partial charge in [0, 0.05) is 0 Å². The van der Waals surface area contributed by atoms with Gasteiger partial charge in [-0.2, -0.15) is 0 Å². The van der Waals surface area contributed by atoms with Crippen molar-refractivity contribution in [2.75, 3.05) is 0 Å². The fourth-order valence-electron chi connectivity index (χ4n) is 2.24. The van der Waals surface area contributed by atoms with Crippen LogP contribution in [0, 0.1) is 0 Å². The maximum absolute atomic E-state index is 11.6. The Bertz CT molecular complexity index is 171. The summed E-state index contributed by atoms with van der Waals surface area (Å²) < 4.78 is 0. The molecule has 0 spiro atoms. The van der Waals surface area contributed by atoms with Gasteiger partial charge in [0.1, 0.15) is 0 Å². The van der Waals surface area contributed by atoms with Crippen LogP contribution in [0.2, 0.25) is 15.8 Å². The molecule has 0 aromatic carbocycles. The fraction of sp³-hybridized carbons (Fsp3) is 0.923. The SMILES string of the molecule is CCC[CH2][Ge]([CH2]CCC)([CH2]CCC)[C](=O)O. The molecule has 0 unspecified atom stereocenters. The molecule has 0 rings (SSSR count). The van der Waals surface area contributed by atoms with E-state index in [1.54, 1.807) is 0 Å². The van der Waals surface area contributed by atoms with Crippen LogP contribution in [0.15, 0.2) is 0 Å². The molecule has 2 nitrogen and oxygen atoms in total. The van der Waals surface area contributed by atoms with E-state index in [9.17, 15) is 9.90 Å². The standard InChI is InChI=1S/C13H28GeO2/c1-4-7-10-14(13(15)16,11-8-5-2)12-9-6-3/h4-12H2,1-3H3,(H,15,16). The zero-order chi connectivity index (χ0) is 12.4. The molecule has 96 valence electrons. The van der Waals surface area contributed by atoms with Crippen molar-refractivity contribution in [1.29, 1.82) is 0 Å². The van der Waals surface area contributed by atoms with Crippen molar-refractivity contribution in [2.24, 2.45) is 0 Å². The van der Waals surface area contributed by atoms with Crippen LogP contribution < -0.4 is 0 Å². The molecule has 0 aliphatic heterocycles. The average Bonchev–Trinajstić information content (AvgIpc) is 2.28. The molecule has 0 radical (unpaired) electrons. The van der Waals surface area contributed by atoms with Crippen molar-refractivity contribution in [3.8, 4) is 0 Å². The molecule has 0 aliphatic carbocycles. The molecule has 0 bridgehead atoms. The van der Waals surface area contributed by atoms with Gasteiger partial charge in [-0.1, -0.05) is 0 Å². The predicted molar refractivity (Wildman–Crippen MR) is 72.9 cm³/mol. The Balaban J connectivity index is 4.52. The van der Waals surface area contributed by atoms with Gasteiger partial charge < -0.3 is 0 Å². The Morgan fingerprint density at radius 2 is 1.19 bits per heavy atom. The Morgan fingerprint density at radius 1 is 0.875 bits per heavy atom. The van der Waals surface area contributed by atoms with Gasteiger partial charge in [-0.15, -0.1) is 0 Å². The zero-order valence-corrected chi connectivity index (χ0v) is 13.3. The van der Waals surface area contributed by atoms with E-state index in [2.05, 4.69) is 20.8 Å². The molecule has 0 aliphatic rings. The molecule has 3 heteroatoms. The molecule has 0 fully saturated rings.